The van der Waals surface area contributed by atoms with E-state index in [-0.39, 0.29) is 11.7 Å². The van der Waals surface area contributed by atoms with E-state index >= 15 is 0 Å². The molecular formula is C20H24F6O11S2-2. The van der Waals surface area contributed by atoms with E-state index in [2.05, 4.69) is 13.9 Å². The van der Waals surface area contributed by atoms with Gasteiger partial charge in [-0.3, -0.25) is 4.79 Å². The standard InChI is InChI=1S/C11H17F3O5S.C9H9F3O6S/c12-11(13,14)9(20(16,17)18)6-7-19-10(15)8-4-2-1-3-5-8;10-7(9(11,12)19(14,15)16)3-5-18-8(13)6-2-1-4-17-6/h8-9H,1-7H2,(H,16,17,18);1-2,4,7H,3,5H2,(H,14,15,16)/p-2. The molecule has 226 valence electrons. The van der Waals surface area contributed by atoms with E-state index in [1.807, 2.05) is 0 Å². The summed E-state index contributed by atoms with van der Waals surface area (Å²) in [5.74, 6) is -2.20. The van der Waals surface area contributed by atoms with Gasteiger partial charge in [-0.2, -0.15) is 22.0 Å². The predicted molar refractivity (Wildman–Crippen MR) is 115 cm³/mol. The van der Waals surface area contributed by atoms with Crippen LogP contribution in [0.1, 0.15) is 55.5 Å². The SMILES string of the molecule is O=C(OCCC(C(F)(F)F)S(=O)(=O)[O-])C1CCCCC1.O=C(OCCC(F)C(F)(F)S(=O)(=O)[O-])c1ccco1. The molecule has 39 heavy (non-hydrogen) atoms. The first-order valence-electron chi connectivity index (χ1n) is 11.1. The van der Waals surface area contributed by atoms with E-state index < -0.39 is 81.1 Å². The molecule has 0 N–H and O–H groups in total. The second-order valence-corrected chi connectivity index (χ2v) is 11.2. The van der Waals surface area contributed by atoms with Gasteiger partial charge in [-0.1, -0.05) is 19.3 Å². The van der Waals surface area contributed by atoms with Gasteiger partial charge in [0.25, 0.3) is 0 Å². The van der Waals surface area contributed by atoms with Crippen LogP contribution in [-0.2, 0) is 34.5 Å². The van der Waals surface area contributed by atoms with Crippen LogP contribution >= 0.6 is 0 Å². The van der Waals surface area contributed by atoms with Gasteiger partial charge in [0.15, 0.2) is 16.3 Å². The van der Waals surface area contributed by atoms with Gasteiger partial charge >= 0.3 is 23.4 Å². The molecule has 0 amide bonds. The third-order valence-corrected chi connectivity index (χ3v) is 7.42. The molecule has 0 bridgehead atoms. The molecule has 1 fully saturated rings. The lowest BCUT2D eigenvalue weighted by atomic mass is 9.89. The lowest BCUT2D eigenvalue weighted by Crippen LogP contribution is -2.39. The second kappa shape index (κ2) is 14.3. The molecule has 1 aliphatic carbocycles. The quantitative estimate of drug-likeness (QED) is 0.202. The van der Waals surface area contributed by atoms with Crippen LogP contribution in [-0.4, -0.2) is 73.9 Å². The van der Waals surface area contributed by atoms with Crippen molar-refractivity contribution in [3.8, 4) is 0 Å². The van der Waals surface area contributed by atoms with Crippen LogP contribution in [0.5, 0.6) is 0 Å². The Morgan fingerprint density at radius 3 is 2.00 bits per heavy atom. The molecule has 19 heteroatoms. The highest BCUT2D eigenvalue weighted by Gasteiger charge is 2.47. The van der Waals surface area contributed by atoms with Crippen LogP contribution in [0.25, 0.3) is 0 Å². The summed E-state index contributed by atoms with van der Waals surface area (Å²) in [6.45, 7) is -1.55. The van der Waals surface area contributed by atoms with E-state index in [0.29, 0.717) is 12.8 Å². The van der Waals surface area contributed by atoms with Crippen molar-refractivity contribution >= 4 is 32.2 Å². The van der Waals surface area contributed by atoms with Crippen molar-refractivity contribution in [1.29, 1.82) is 0 Å². The Hall–Kier alpha value is -2.38. The summed E-state index contributed by atoms with van der Waals surface area (Å²) in [4.78, 5) is 22.7. The molecule has 1 heterocycles. The van der Waals surface area contributed by atoms with Gasteiger partial charge in [0.05, 0.1) is 25.4 Å². The number of carbonyl (C=O) groups is 2. The topological polar surface area (TPSA) is 180 Å². The summed E-state index contributed by atoms with van der Waals surface area (Å²) in [5, 5.41) is -8.10. The van der Waals surface area contributed by atoms with Crippen molar-refractivity contribution in [2.24, 2.45) is 5.92 Å². The molecule has 1 aromatic heterocycles. The molecule has 2 unspecified atom stereocenters. The molecule has 2 atom stereocenters. The molecule has 0 saturated heterocycles. The van der Waals surface area contributed by atoms with Gasteiger partial charge in [-0.25, -0.2) is 26.0 Å². The fraction of sp³-hybridized carbons (Fsp3) is 0.700. The summed E-state index contributed by atoms with van der Waals surface area (Å²) < 4.78 is 151. The molecule has 0 radical (unpaired) electrons. The number of hydrogen-bond donors (Lipinski definition) is 0. The van der Waals surface area contributed by atoms with Crippen LogP contribution in [0.3, 0.4) is 0 Å². The lowest BCUT2D eigenvalue weighted by molar-refractivity contribution is -0.154. The van der Waals surface area contributed by atoms with Crippen LogP contribution in [0.15, 0.2) is 22.8 Å². The van der Waals surface area contributed by atoms with E-state index in [4.69, 9.17) is 0 Å². The highest BCUT2D eigenvalue weighted by Crippen LogP contribution is 2.30. The Bertz CT molecular complexity index is 1130. The number of halogens is 6. The molecule has 11 nitrogen and oxygen atoms in total. The Morgan fingerprint density at radius 1 is 0.974 bits per heavy atom. The lowest BCUT2D eigenvalue weighted by Gasteiger charge is -2.24. The minimum absolute atomic E-state index is 0.224. The largest absolute Gasteiger partial charge is 0.747 e. The van der Waals surface area contributed by atoms with Gasteiger partial charge in [-0.15, -0.1) is 0 Å². The number of carbonyl (C=O) groups excluding carboxylic acids is 2. The zero-order valence-electron chi connectivity index (χ0n) is 19.9. The van der Waals surface area contributed by atoms with E-state index in [1.54, 1.807) is 0 Å². The Balaban J connectivity index is 0.000000391. The maximum Gasteiger partial charge on any atom is 0.404 e. The summed E-state index contributed by atoms with van der Waals surface area (Å²) in [6, 6.07) is 2.60. The zero-order valence-corrected chi connectivity index (χ0v) is 21.5. The van der Waals surface area contributed by atoms with Crippen molar-refractivity contribution < 1.29 is 75.8 Å². The number of alkyl halides is 6. The minimum atomic E-state index is -6.11. The minimum Gasteiger partial charge on any atom is -0.747 e. The average Bonchev–Trinajstić information content (AvgIpc) is 3.35. The summed E-state index contributed by atoms with van der Waals surface area (Å²) in [7, 11) is -11.6. The highest BCUT2D eigenvalue weighted by atomic mass is 32.2. The van der Waals surface area contributed by atoms with Crippen molar-refractivity contribution in [3.63, 3.8) is 0 Å². The van der Waals surface area contributed by atoms with Crippen LogP contribution < -0.4 is 0 Å². The number of hydrogen-bond acceptors (Lipinski definition) is 11. The molecule has 0 spiro atoms. The first-order chi connectivity index (χ1) is 17.8. The Kier molecular flexibility index (Phi) is 12.7. The van der Waals surface area contributed by atoms with Crippen LogP contribution in [0.2, 0.25) is 0 Å². The van der Waals surface area contributed by atoms with E-state index in [1.165, 1.54) is 12.1 Å². The van der Waals surface area contributed by atoms with Gasteiger partial charge in [0.2, 0.25) is 5.76 Å². The van der Waals surface area contributed by atoms with Crippen molar-refractivity contribution in [1.82, 2.24) is 0 Å². The predicted octanol–water partition coefficient (Wildman–Crippen LogP) is 3.28. The van der Waals surface area contributed by atoms with E-state index in [9.17, 15) is 61.9 Å². The number of furan rings is 1. The average molecular weight is 619 g/mol. The monoisotopic (exact) mass is 618 g/mol. The van der Waals surface area contributed by atoms with Gasteiger partial charge in [0, 0.05) is 12.8 Å². The maximum atomic E-state index is 12.9. The fourth-order valence-electron chi connectivity index (χ4n) is 3.24. The number of esters is 2. The van der Waals surface area contributed by atoms with Crippen molar-refractivity contribution in [3.05, 3.63) is 24.2 Å². The van der Waals surface area contributed by atoms with E-state index in [0.717, 1.165) is 25.5 Å². The summed E-state index contributed by atoms with van der Waals surface area (Å²) in [6.07, 6.45) is -5.48. The fourth-order valence-corrected chi connectivity index (χ4v) is 4.38. The number of rotatable bonds is 11. The normalized spacial score (nSPS) is 16.9. The third-order valence-electron chi connectivity index (χ3n) is 5.30. The highest BCUT2D eigenvalue weighted by molar-refractivity contribution is 7.87. The van der Waals surface area contributed by atoms with Crippen LogP contribution in [0.4, 0.5) is 26.3 Å². The molecule has 1 aromatic rings. The molecular weight excluding hydrogens is 594 g/mol. The smallest absolute Gasteiger partial charge is 0.404 e. The van der Waals surface area contributed by atoms with Crippen molar-refractivity contribution in [2.45, 2.75) is 67.8 Å². The summed E-state index contributed by atoms with van der Waals surface area (Å²) in [5.41, 5.74) is 0. The first-order valence-corrected chi connectivity index (χ1v) is 14.0. The molecule has 1 saturated carbocycles. The maximum absolute atomic E-state index is 12.9. The molecule has 1 aliphatic rings. The molecule has 0 aromatic carbocycles. The van der Waals surface area contributed by atoms with Gasteiger partial charge < -0.3 is 23.0 Å². The van der Waals surface area contributed by atoms with Crippen LogP contribution in [0, 0.1) is 5.92 Å². The molecule has 0 aliphatic heterocycles. The zero-order chi connectivity index (χ0) is 30.1. The second-order valence-electron chi connectivity index (χ2n) is 8.20. The van der Waals surface area contributed by atoms with Gasteiger partial charge in [-0.05, 0) is 25.0 Å². The summed E-state index contributed by atoms with van der Waals surface area (Å²) >= 11 is 0. The molecule has 2 rings (SSSR count). The van der Waals surface area contributed by atoms with Crippen molar-refractivity contribution in [2.75, 3.05) is 13.2 Å². The van der Waals surface area contributed by atoms with Gasteiger partial charge in [0.1, 0.15) is 15.4 Å². The third kappa shape index (κ3) is 11.3. The number of ether oxygens (including phenoxy) is 2. The Morgan fingerprint density at radius 2 is 1.54 bits per heavy atom. The first kappa shape index (κ1) is 34.6. The Labute approximate surface area is 219 Å².